The third-order valence-electron chi connectivity index (χ3n) is 2.85. The molecule has 2 aromatic rings. The third-order valence-corrected chi connectivity index (χ3v) is 2.85. The maximum absolute atomic E-state index is 11.3. The lowest BCUT2D eigenvalue weighted by Gasteiger charge is -2.08. The summed E-state index contributed by atoms with van der Waals surface area (Å²) in [6, 6.07) is 5.71. The first kappa shape index (κ1) is 12.3. The van der Waals surface area contributed by atoms with Crippen molar-refractivity contribution in [3.63, 3.8) is 0 Å². The van der Waals surface area contributed by atoms with Gasteiger partial charge in [-0.15, -0.1) is 5.10 Å². The van der Waals surface area contributed by atoms with Gasteiger partial charge in [0.15, 0.2) is 11.5 Å². The van der Waals surface area contributed by atoms with Gasteiger partial charge >= 0.3 is 0 Å². The lowest BCUT2D eigenvalue weighted by atomic mass is 10.2. The fourth-order valence-corrected chi connectivity index (χ4v) is 1.89. The van der Waals surface area contributed by atoms with Crippen molar-refractivity contribution >= 4 is 5.78 Å². The fraction of sp³-hybridized carbons (Fsp3) is 0.308. The van der Waals surface area contributed by atoms with Crippen LogP contribution in [0.2, 0.25) is 0 Å². The first-order valence-electron chi connectivity index (χ1n) is 5.63. The molecular weight excluding hydrogens is 230 g/mol. The molecule has 5 heteroatoms. The van der Waals surface area contributed by atoms with Gasteiger partial charge in [0.05, 0.1) is 18.5 Å². The Morgan fingerprint density at radius 1 is 1.33 bits per heavy atom. The number of ketones is 1. The van der Waals surface area contributed by atoms with Gasteiger partial charge in [0.1, 0.15) is 5.75 Å². The minimum Gasteiger partial charge on any atom is -0.496 e. The van der Waals surface area contributed by atoms with Gasteiger partial charge in [-0.05, 0) is 37.6 Å². The van der Waals surface area contributed by atoms with Crippen LogP contribution in [0, 0.1) is 13.8 Å². The number of aryl methyl sites for hydroxylation is 1. The average molecular weight is 245 g/mol. The van der Waals surface area contributed by atoms with Crippen LogP contribution in [0.25, 0.3) is 5.69 Å². The Labute approximate surface area is 105 Å². The quantitative estimate of drug-likeness (QED) is 0.777. The number of carbonyl (C=O) groups excluding carboxylic acids is 1. The highest BCUT2D eigenvalue weighted by Gasteiger charge is 2.14. The van der Waals surface area contributed by atoms with E-state index in [9.17, 15) is 4.79 Å². The second kappa shape index (κ2) is 4.60. The summed E-state index contributed by atoms with van der Waals surface area (Å²) in [5.41, 5.74) is 3.02. The number of ether oxygens (including phenoxy) is 1. The Bertz CT molecular complexity index is 602. The van der Waals surface area contributed by atoms with E-state index in [1.807, 2.05) is 32.0 Å². The topological polar surface area (TPSA) is 57.0 Å². The lowest BCUT2D eigenvalue weighted by molar-refractivity contribution is 0.101. The number of rotatable bonds is 3. The Balaban J connectivity index is 2.49. The second-order valence-electron chi connectivity index (χ2n) is 4.15. The molecule has 0 radical (unpaired) electrons. The zero-order valence-electron chi connectivity index (χ0n) is 10.9. The third kappa shape index (κ3) is 1.99. The van der Waals surface area contributed by atoms with Crippen molar-refractivity contribution in [2.24, 2.45) is 0 Å². The molecule has 0 spiro atoms. The van der Waals surface area contributed by atoms with Crippen molar-refractivity contribution in [2.75, 3.05) is 7.11 Å². The molecule has 1 heterocycles. The molecule has 0 bridgehead atoms. The summed E-state index contributed by atoms with van der Waals surface area (Å²) in [6.45, 7) is 5.28. The van der Waals surface area contributed by atoms with Crippen molar-refractivity contribution in [3.8, 4) is 11.4 Å². The number of benzene rings is 1. The number of nitrogens with zero attached hydrogens (tertiary/aromatic N) is 3. The van der Waals surface area contributed by atoms with E-state index >= 15 is 0 Å². The van der Waals surface area contributed by atoms with Gasteiger partial charge in [-0.1, -0.05) is 5.21 Å². The van der Waals surface area contributed by atoms with Gasteiger partial charge in [0.2, 0.25) is 0 Å². The molecule has 0 atom stereocenters. The number of aromatic nitrogens is 3. The van der Waals surface area contributed by atoms with E-state index in [0.717, 1.165) is 22.7 Å². The van der Waals surface area contributed by atoms with Crippen LogP contribution in [-0.2, 0) is 0 Å². The van der Waals surface area contributed by atoms with E-state index in [1.54, 1.807) is 11.8 Å². The second-order valence-corrected chi connectivity index (χ2v) is 4.15. The van der Waals surface area contributed by atoms with Crippen LogP contribution in [-0.4, -0.2) is 27.9 Å². The van der Waals surface area contributed by atoms with Crippen LogP contribution in [0.5, 0.6) is 5.75 Å². The molecule has 0 aliphatic carbocycles. The Morgan fingerprint density at radius 3 is 2.56 bits per heavy atom. The molecule has 0 aliphatic heterocycles. The van der Waals surface area contributed by atoms with E-state index in [-0.39, 0.29) is 5.78 Å². The minimum atomic E-state index is -0.0796. The molecule has 0 N–H and O–H groups in total. The molecule has 18 heavy (non-hydrogen) atoms. The zero-order chi connectivity index (χ0) is 13.3. The van der Waals surface area contributed by atoms with Crippen LogP contribution in [0.1, 0.15) is 28.7 Å². The number of Topliss-reactive ketones (excluding diaryl/α,β-unsaturated/α-hetero) is 1. The fourth-order valence-electron chi connectivity index (χ4n) is 1.89. The summed E-state index contributed by atoms with van der Waals surface area (Å²) in [7, 11) is 1.64. The predicted molar refractivity (Wildman–Crippen MR) is 67.4 cm³/mol. The molecule has 0 aliphatic rings. The minimum absolute atomic E-state index is 0.0796. The average Bonchev–Trinajstić information content (AvgIpc) is 2.71. The Kier molecular flexibility index (Phi) is 3.14. The summed E-state index contributed by atoms with van der Waals surface area (Å²) in [6.07, 6.45) is 0. The van der Waals surface area contributed by atoms with Crippen molar-refractivity contribution in [1.29, 1.82) is 0 Å². The summed E-state index contributed by atoms with van der Waals surface area (Å²) >= 11 is 0. The summed E-state index contributed by atoms with van der Waals surface area (Å²) in [5.74, 6) is 0.743. The van der Waals surface area contributed by atoms with Crippen LogP contribution in [0.15, 0.2) is 18.2 Å². The van der Waals surface area contributed by atoms with Crippen molar-refractivity contribution in [1.82, 2.24) is 15.0 Å². The molecule has 0 amide bonds. The molecular formula is C13H15N3O2. The molecule has 2 rings (SSSR count). The number of hydrogen-bond acceptors (Lipinski definition) is 4. The Hall–Kier alpha value is -2.17. The molecule has 94 valence electrons. The summed E-state index contributed by atoms with van der Waals surface area (Å²) in [5, 5.41) is 7.90. The van der Waals surface area contributed by atoms with Gasteiger partial charge in [0.25, 0.3) is 0 Å². The standard InChI is InChI=1S/C13H15N3O2/c1-8-7-11(5-6-12(8)18-4)16-9(2)13(10(3)17)14-15-16/h5-7H,1-4H3. The van der Waals surface area contributed by atoms with Crippen LogP contribution in [0.3, 0.4) is 0 Å². The molecule has 0 fully saturated rings. The van der Waals surface area contributed by atoms with E-state index in [4.69, 9.17) is 4.74 Å². The molecule has 0 unspecified atom stereocenters. The first-order valence-corrected chi connectivity index (χ1v) is 5.63. The highest BCUT2D eigenvalue weighted by atomic mass is 16.5. The van der Waals surface area contributed by atoms with E-state index in [0.29, 0.717) is 5.69 Å². The first-order chi connectivity index (χ1) is 8.54. The largest absolute Gasteiger partial charge is 0.496 e. The van der Waals surface area contributed by atoms with E-state index in [2.05, 4.69) is 10.3 Å². The van der Waals surface area contributed by atoms with Crippen LogP contribution in [0.4, 0.5) is 0 Å². The maximum atomic E-state index is 11.3. The smallest absolute Gasteiger partial charge is 0.181 e. The Morgan fingerprint density at radius 2 is 2.06 bits per heavy atom. The maximum Gasteiger partial charge on any atom is 0.181 e. The van der Waals surface area contributed by atoms with Crippen molar-refractivity contribution in [3.05, 3.63) is 35.2 Å². The molecule has 1 aromatic carbocycles. The predicted octanol–water partition coefficient (Wildman–Crippen LogP) is 2.10. The summed E-state index contributed by atoms with van der Waals surface area (Å²) < 4.78 is 6.87. The van der Waals surface area contributed by atoms with Gasteiger partial charge in [-0.2, -0.15) is 0 Å². The van der Waals surface area contributed by atoms with Crippen LogP contribution >= 0.6 is 0 Å². The van der Waals surface area contributed by atoms with Crippen molar-refractivity contribution in [2.45, 2.75) is 20.8 Å². The lowest BCUT2D eigenvalue weighted by Crippen LogP contribution is -2.02. The molecule has 0 saturated heterocycles. The van der Waals surface area contributed by atoms with Gasteiger partial charge < -0.3 is 4.74 Å². The molecule has 0 saturated carbocycles. The van der Waals surface area contributed by atoms with Gasteiger partial charge in [-0.3, -0.25) is 4.79 Å². The van der Waals surface area contributed by atoms with Gasteiger partial charge in [-0.25, -0.2) is 4.68 Å². The van der Waals surface area contributed by atoms with Crippen molar-refractivity contribution < 1.29 is 9.53 Å². The van der Waals surface area contributed by atoms with E-state index < -0.39 is 0 Å². The highest BCUT2D eigenvalue weighted by molar-refractivity contribution is 5.93. The van der Waals surface area contributed by atoms with E-state index in [1.165, 1.54) is 6.92 Å². The SMILES string of the molecule is COc1ccc(-n2nnc(C(C)=O)c2C)cc1C. The number of methoxy groups -OCH3 is 1. The molecule has 5 nitrogen and oxygen atoms in total. The summed E-state index contributed by atoms with van der Waals surface area (Å²) in [4.78, 5) is 11.3. The normalized spacial score (nSPS) is 10.4. The monoisotopic (exact) mass is 245 g/mol. The number of hydrogen-bond donors (Lipinski definition) is 0. The number of carbonyl (C=O) groups is 1. The molecule has 1 aromatic heterocycles. The van der Waals surface area contributed by atoms with Crippen LogP contribution < -0.4 is 4.74 Å². The highest BCUT2D eigenvalue weighted by Crippen LogP contribution is 2.21. The van der Waals surface area contributed by atoms with Gasteiger partial charge in [0, 0.05) is 6.92 Å². The zero-order valence-corrected chi connectivity index (χ0v) is 10.9.